The fourth-order valence-corrected chi connectivity index (χ4v) is 2.97. The highest BCUT2D eigenvalue weighted by Gasteiger charge is 2.24. The summed E-state index contributed by atoms with van der Waals surface area (Å²) in [5.41, 5.74) is 2.18. The molecule has 3 heteroatoms. The number of para-hydroxylation sites is 1. The monoisotopic (exact) mass is 262 g/mol. The van der Waals surface area contributed by atoms with Gasteiger partial charge in [0.1, 0.15) is 5.75 Å². The second-order valence-electron chi connectivity index (χ2n) is 5.30. The van der Waals surface area contributed by atoms with Crippen LogP contribution in [0, 0.1) is 0 Å². The Balaban J connectivity index is 2.27. The van der Waals surface area contributed by atoms with E-state index in [1.165, 1.54) is 0 Å². The summed E-state index contributed by atoms with van der Waals surface area (Å²) in [6.45, 7) is 8.55. The number of benzene rings is 1. The van der Waals surface area contributed by atoms with Crippen molar-refractivity contribution in [2.45, 2.75) is 39.2 Å². The largest absolute Gasteiger partial charge is 0.507 e. The van der Waals surface area contributed by atoms with Crippen molar-refractivity contribution in [2.75, 3.05) is 26.2 Å². The van der Waals surface area contributed by atoms with Gasteiger partial charge in [-0.15, -0.1) is 0 Å². The molecule has 1 heterocycles. The molecule has 1 aromatic carbocycles. The minimum absolute atomic E-state index is 0.360. The Morgan fingerprint density at radius 3 is 2.63 bits per heavy atom. The van der Waals surface area contributed by atoms with Crippen LogP contribution in [0.5, 0.6) is 5.75 Å². The molecule has 1 saturated heterocycles. The van der Waals surface area contributed by atoms with E-state index < -0.39 is 0 Å². The highest BCUT2D eigenvalue weighted by molar-refractivity contribution is 5.42. The molecular weight excluding hydrogens is 236 g/mol. The van der Waals surface area contributed by atoms with E-state index >= 15 is 0 Å². The zero-order chi connectivity index (χ0) is 13.7. The summed E-state index contributed by atoms with van der Waals surface area (Å²) in [5, 5.41) is 13.9. The molecule has 0 bridgehead atoms. The third-order valence-electron chi connectivity index (χ3n) is 4.05. The van der Waals surface area contributed by atoms with Crippen LogP contribution in [0.25, 0.3) is 0 Å². The fourth-order valence-electron chi connectivity index (χ4n) is 2.97. The standard InChI is InChI=1S/C16H26N2O/c1-3-6-15(18-11-9-17-10-12-18)14-8-5-7-13(4-2)16(14)19/h5,7-8,15,17,19H,3-4,6,9-12H2,1-2H3/t15-/m1/s1. The Morgan fingerprint density at radius 1 is 1.26 bits per heavy atom. The van der Waals surface area contributed by atoms with Crippen LogP contribution in [0.4, 0.5) is 0 Å². The van der Waals surface area contributed by atoms with Crippen molar-refractivity contribution in [3.05, 3.63) is 29.3 Å². The van der Waals surface area contributed by atoms with E-state index in [2.05, 4.69) is 36.2 Å². The number of hydrogen-bond acceptors (Lipinski definition) is 3. The Morgan fingerprint density at radius 2 is 2.00 bits per heavy atom. The first-order valence-corrected chi connectivity index (χ1v) is 7.53. The van der Waals surface area contributed by atoms with Crippen LogP contribution >= 0.6 is 0 Å². The quantitative estimate of drug-likeness (QED) is 0.856. The van der Waals surface area contributed by atoms with Crippen LogP contribution in [0.3, 0.4) is 0 Å². The van der Waals surface area contributed by atoms with Gasteiger partial charge >= 0.3 is 0 Å². The molecular formula is C16H26N2O. The van der Waals surface area contributed by atoms with E-state index in [-0.39, 0.29) is 0 Å². The van der Waals surface area contributed by atoms with E-state index in [0.29, 0.717) is 11.8 Å². The maximum atomic E-state index is 10.5. The number of phenolic OH excluding ortho intramolecular Hbond substituents is 1. The van der Waals surface area contributed by atoms with Gasteiger partial charge in [-0.05, 0) is 18.4 Å². The molecule has 1 fully saturated rings. The lowest BCUT2D eigenvalue weighted by Crippen LogP contribution is -2.45. The molecule has 1 aliphatic heterocycles. The maximum Gasteiger partial charge on any atom is 0.123 e. The van der Waals surface area contributed by atoms with Gasteiger partial charge in [0, 0.05) is 37.8 Å². The summed E-state index contributed by atoms with van der Waals surface area (Å²) in [4.78, 5) is 2.51. The normalized spacial score (nSPS) is 18.4. The molecule has 0 radical (unpaired) electrons. The van der Waals surface area contributed by atoms with E-state index in [9.17, 15) is 5.11 Å². The third-order valence-corrected chi connectivity index (χ3v) is 4.05. The molecule has 0 saturated carbocycles. The molecule has 0 aromatic heterocycles. The van der Waals surface area contributed by atoms with Crippen LogP contribution in [-0.4, -0.2) is 36.2 Å². The van der Waals surface area contributed by atoms with E-state index in [0.717, 1.165) is 56.6 Å². The lowest BCUT2D eigenvalue weighted by molar-refractivity contribution is 0.162. The lowest BCUT2D eigenvalue weighted by Gasteiger charge is -2.35. The number of nitrogens with one attached hydrogen (secondary N) is 1. The summed E-state index contributed by atoms with van der Waals surface area (Å²) < 4.78 is 0. The molecule has 1 atom stereocenters. The number of nitrogens with zero attached hydrogens (tertiary/aromatic N) is 1. The molecule has 2 N–H and O–H groups in total. The van der Waals surface area contributed by atoms with Crippen LogP contribution in [0.15, 0.2) is 18.2 Å². The first kappa shape index (κ1) is 14.4. The van der Waals surface area contributed by atoms with E-state index in [1.54, 1.807) is 0 Å². The first-order chi connectivity index (χ1) is 9.27. The van der Waals surface area contributed by atoms with Crippen molar-refractivity contribution in [3.8, 4) is 5.75 Å². The Kier molecular flexibility index (Phi) is 5.23. The Bertz CT molecular complexity index is 400. The minimum atomic E-state index is 0.360. The lowest BCUT2D eigenvalue weighted by atomic mass is 9.96. The zero-order valence-corrected chi connectivity index (χ0v) is 12.2. The topological polar surface area (TPSA) is 35.5 Å². The van der Waals surface area contributed by atoms with Gasteiger partial charge in [0.2, 0.25) is 0 Å². The van der Waals surface area contributed by atoms with Crippen molar-refractivity contribution in [3.63, 3.8) is 0 Å². The highest BCUT2D eigenvalue weighted by Crippen LogP contribution is 2.34. The minimum Gasteiger partial charge on any atom is -0.507 e. The number of rotatable bonds is 5. The van der Waals surface area contributed by atoms with Gasteiger partial charge < -0.3 is 10.4 Å². The van der Waals surface area contributed by atoms with Crippen LogP contribution in [0.2, 0.25) is 0 Å². The molecule has 0 aliphatic carbocycles. The third kappa shape index (κ3) is 3.28. The maximum absolute atomic E-state index is 10.5. The average Bonchev–Trinajstić information content (AvgIpc) is 2.46. The van der Waals surface area contributed by atoms with Crippen molar-refractivity contribution in [1.29, 1.82) is 0 Å². The van der Waals surface area contributed by atoms with Crippen molar-refractivity contribution in [1.82, 2.24) is 10.2 Å². The van der Waals surface area contributed by atoms with Crippen LogP contribution in [-0.2, 0) is 6.42 Å². The summed E-state index contributed by atoms with van der Waals surface area (Å²) >= 11 is 0. The van der Waals surface area contributed by atoms with Gasteiger partial charge in [0.05, 0.1) is 0 Å². The Labute approximate surface area is 116 Å². The van der Waals surface area contributed by atoms with Crippen molar-refractivity contribution in [2.24, 2.45) is 0 Å². The molecule has 1 aliphatic rings. The molecule has 0 unspecified atom stereocenters. The SMILES string of the molecule is CCC[C@H](c1cccc(CC)c1O)N1CCNCC1. The fraction of sp³-hybridized carbons (Fsp3) is 0.625. The number of aryl methyl sites for hydroxylation is 1. The smallest absolute Gasteiger partial charge is 0.123 e. The Hall–Kier alpha value is -1.06. The summed E-state index contributed by atoms with van der Waals surface area (Å²) in [5.74, 6) is 0.516. The van der Waals surface area contributed by atoms with Crippen LogP contribution in [0.1, 0.15) is 43.9 Å². The van der Waals surface area contributed by atoms with Gasteiger partial charge in [-0.2, -0.15) is 0 Å². The highest BCUT2D eigenvalue weighted by atomic mass is 16.3. The predicted octanol–water partition coefficient (Wildman–Crippen LogP) is 2.70. The second-order valence-corrected chi connectivity index (χ2v) is 5.30. The van der Waals surface area contributed by atoms with Gasteiger partial charge in [-0.25, -0.2) is 0 Å². The summed E-state index contributed by atoms with van der Waals surface area (Å²) in [7, 11) is 0. The van der Waals surface area contributed by atoms with E-state index in [1.807, 2.05) is 6.07 Å². The predicted molar refractivity (Wildman–Crippen MR) is 79.6 cm³/mol. The number of phenols is 1. The molecule has 0 amide bonds. The van der Waals surface area contributed by atoms with Crippen LogP contribution < -0.4 is 5.32 Å². The molecule has 106 valence electrons. The van der Waals surface area contributed by atoms with Gasteiger partial charge in [-0.1, -0.05) is 38.5 Å². The van der Waals surface area contributed by atoms with Gasteiger partial charge in [0.15, 0.2) is 0 Å². The molecule has 1 aromatic rings. The second kappa shape index (κ2) is 6.92. The summed E-state index contributed by atoms with van der Waals surface area (Å²) in [6.07, 6.45) is 3.14. The number of piperazine rings is 1. The van der Waals surface area contributed by atoms with Crippen molar-refractivity contribution >= 4 is 0 Å². The zero-order valence-electron chi connectivity index (χ0n) is 12.2. The first-order valence-electron chi connectivity index (χ1n) is 7.53. The van der Waals surface area contributed by atoms with E-state index in [4.69, 9.17) is 0 Å². The van der Waals surface area contributed by atoms with Crippen molar-refractivity contribution < 1.29 is 5.11 Å². The average molecular weight is 262 g/mol. The number of aromatic hydroxyl groups is 1. The molecule has 3 nitrogen and oxygen atoms in total. The van der Waals surface area contributed by atoms with Gasteiger partial charge in [-0.3, -0.25) is 4.90 Å². The molecule has 19 heavy (non-hydrogen) atoms. The molecule has 2 rings (SSSR count). The summed E-state index contributed by atoms with van der Waals surface area (Å²) in [6, 6.07) is 6.56. The van der Waals surface area contributed by atoms with Gasteiger partial charge in [0.25, 0.3) is 0 Å². The molecule has 0 spiro atoms. The number of hydrogen-bond donors (Lipinski definition) is 2.